The molecule has 0 aliphatic rings. The Morgan fingerprint density at radius 2 is 1.55 bits per heavy atom. The van der Waals surface area contributed by atoms with Crippen LogP contribution in [0.25, 0.3) is 11.6 Å². The highest BCUT2D eigenvalue weighted by Crippen LogP contribution is 2.17. The average Bonchev–Trinajstić information content (AvgIpc) is 2.79. The maximum Gasteiger partial charge on any atom is 0.185 e. The van der Waals surface area contributed by atoms with Crippen LogP contribution >= 0.6 is 0 Å². The first-order valence-electron chi connectivity index (χ1n) is 10.5. The highest BCUT2D eigenvalue weighted by Gasteiger charge is 2.02. The molecular formula is C28H27FO2. The number of carbonyl (C=O) groups excluding carboxylic acids is 1. The number of hydrogen-bond acceptors (Lipinski definition) is 2. The maximum absolute atomic E-state index is 12.9. The number of allylic oxidation sites excluding steroid dienone is 2. The molecule has 0 saturated heterocycles. The average molecular weight is 415 g/mol. The van der Waals surface area contributed by atoms with Crippen molar-refractivity contribution in [3.63, 3.8) is 0 Å². The van der Waals surface area contributed by atoms with Gasteiger partial charge in [0.2, 0.25) is 0 Å². The second-order valence-electron chi connectivity index (χ2n) is 7.56. The van der Waals surface area contributed by atoms with Crippen LogP contribution < -0.4 is 4.74 Å². The lowest BCUT2D eigenvalue weighted by Gasteiger charge is -2.07. The van der Waals surface area contributed by atoms with Crippen LogP contribution in [0.5, 0.6) is 5.75 Å². The van der Waals surface area contributed by atoms with Gasteiger partial charge in [0, 0.05) is 5.56 Å². The van der Waals surface area contributed by atoms with Gasteiger partial charge < -0.3 is 4.74 Å². The highest BCUT2D eigenvalue weighted by atomic mass is 19.1. The minimum atomic E-state index is -0.347. The number of ketones is 1. The monoisotopic (exact) mass is 414 g/mol. The van der Waals surface area contributed by atoms with E-state index in [-0.39, 0.29) is 11.6 Å². The lowest BCUT2D eigenvalue weighted by Crippen LogP contribution is -1.98. The summed E-state index contributed by atoms with van der Waals surface area (Å²) in [6.07, 6.45) is 6.31. The van der Waals surface area contributed by atoms with Crippen molar-refractivity contribution in [1.29, 1.82) is 0 Å². The predicted molar refractivity (Wildman–Crippen MR) is 126 cm³/mol. The van der Waals surface area contributed by atoms with Crippen LogP contribution in [0.4, 0.5) is 4.39 Å². The molecule has 0 amide bonds. The zero-order valence-electron chi connectivity index (χ0n) is 17.8. The van der Waals surface area contributed by atoms with E-state index in [1.54, 1.807) is 6.08 Å². The summed E-state index contributed by atoms with van der Waals surface area (Å²) in [5.74, 6) is 0.398. The Labute approximate surface area is 183 Å². The molecule has 158 valence electrons. The number of carbonyl (C=O) groups is 1. The Hall–Kier alpha value is -3.46. The van der Waals surface area contributed by atoms with Crippen molar-refractivity contribution in [2.24, 2.45) is 0 Å². The maximum atomic E-state index is 12.9. The summed E-state index contributed by atoms with van der Waals surface area (Å²) in [6.45, 7) is 6.62. The van der Waals surface area contributed by atoms with Crippen molar-refractivity contribution in [1.82, 2.24) is 0 Å². The Balaban J connectivity index is 1.39. The van der Waals surface area contributed by atoms with E-state index in [1.807, 2.05) is 43.3 Å². The van der Waals surface area contributed by atoms with Crippen molar-refractivity contribution >= 4 is 17.4 Å². The first-order chi connectivity index (χ1) is 15.0. The summed E-state index contributed by atoms with van der Waals surface area (Å²) in [6, 6.07) is 21.8. The number of benzene rings is 3. The topological polar surface area (TPSA) is 26.3 Å². The van der Waals surface area contributed by atoms with Crippen LogP contribution in [0.3, 0.4) is 0 Å². The summed E-state index contributed by atoms with van der Waals surface area (Å²) >= 11 is 0. The number of unbranched alkanes of at least 4 members (excludes halogenated alkanes) is 1. The number of hydrogen-bond donors (Lipinski definition) is 0. The van der Waals surface area contributed by atoms with Crippen LogP contribution in [-0.2, 0) is 6.42 Å². The molecule has 0 aliphatic heterocycles. The molecular weight excluding hydrogens is 387 g/mol. The summed E-state index contributed by atoms with van der Waals surface area (Å²) < 4.78 is 18.8. The van der Waals surface area contributed by atoms with Crippen molar-refractivity contribution in [2.45, 2.75) is 26.2 Å². The molecule has 0 unspecified atom stereocenters. The summed E-state index contributed by atoms with van der Waals surface area (Å²) in [5.41, 5.74) is 4.87. The predicted octanol–water partition coefficient (Wildman–Crippen LogP) is 7.16. The first kappa shape index (κ1) is 22.2. The standard InChI is InChI=1S/C28H27FO2/c1-21(2)24-13-17-27(18-14-24)31-20-4-3-5-22-6-8-23(9-7-22)10-19-28(30)25-11-15-26(29)16-12-25/h6-19H,1,3-5,20H2,2H3. The molecule has 0 radical (unpaired) electrons. The van der Waals surface area contributed by atoms with E-state index in [0.717, 1.165) is 41.7 Å². The lowest BCUT2D eigenvalue weighted by molar-refractivity contribution is 0.104. The summed E-state index contributed by atoms with van der Waals surface area (Å²) in [4.78, 5) is 12.1. The molecule has 3 heteroatoms. The smallest absolute Gasteiger partial charge is 0.185 e. The molecule has 3 aromatic carbocycles. The second kappa shape index (κ2) is 11.1. The molecule has 3 rings (SSSR count). The Morgan fingerprint density at radius 1 is 0.903 bits per heavy atom. The number of rotatable bonds is 10. The van der Waals surface area contributed by atoms with Crippen LogP contribution in [0.15, 0.2) is 85.5 Å². The van der Waals surface area contributed by atoms with E-state index < -0.39 is 0 Å². The van der Waals surface area contributed by atoms with E-state index in [2.05, 4.69) is 18.7 Å². The molecule has 0 bridgehead atoms. The minimum Gasteiger partial charge on any atom is -0.494 e. The Kier molecular flexibility index (Phi) is 7.94. The molecule has 0 fully saturated rings. The lowest BCUT2D eigenvalue weighted by atomic mass is 10.0. The van der Waals surface area contributed by atoms with Gasteiger partial charge in [-0.15, -0.1) is 0 Å². The minimum absolute atomic E-state index is 0.140. The molecule has 0 aromatic heterocycles. The van der Waals surface area contributed by atoms with Gasteiger partial charge in [-0.25, -0.2) is 4.39 Å². The second-order valence-corrected chi connectivity index (χ2v) is 7.56. The third-order valence-corrected chi connectivity index (χ3v) is 5.01. The fraction of sp³-hybridized carbons (Fsp3) is 0.179. The molecule has 0 saturated carbocycles. The fourth-order valence-corrected chi connectivity index (χ4v) is 3.13. The van der Waals surface area contributed by atoms with Gasteiger partial charge in [0.05, 0.1) is 6.61 Å². The van der Waals surface area contributed by atoms with Gasteiger partial charge in [0.15, 0.2) is 5.78 Å². The molecule has 0 heterocycles. The van der Waals surface area contributed by atoms with Crippen molar-refractivity contribution in [3.05, 3.63) is 114 Å². The Bertz CT molecular complexity index is 1030. The SMILES string of the molecule is C=C(C)c1ccc(OCCCCc2ccc(C=CC(=O)c3ccc(F)cc3)cc2)cc1. The van der Waals surface area contributed by atoms with Crippen LogP contribution in [0.1, 0.15) is 46.8 Å². The van der Waals surface area contributed by atoms with Gasteiger partial charge in [-0.05, 0) is 85.4 Å². The molecule has 0 N–H and O–H groups in total. The van der Waals surface area contributed by atoms with Gasteiger partial charge in [-0.3, -0.25) is 4.79 Å². The van der Waals surface area contributed by atoms with Gasteiger partial charge in [0.1, 0.15) is 11.6 Å². The van der Waals surface area contributed by atoms with Crippen LogP contribution in [0.2, 0.25) is 0 Å². The van der Waals surface area contributed by atoms with Crippen LogP contribution in [-0.4, -0.2) is 12.4 Å². The molecule has 3 aromatic rings. The third kappa shape index (κ3) is 7.07. The zero-order chi connectivity index (χ0) is 22.1. The first-order valence-corrected chi connectivity index (χ1v) is 10.5. The van der Waals surface area contributed by atoms with Gasteiger partial charge >= 0.3 is 0 Å². The molecule has 0 atom stereocenters. The molecule has 0 aliphatic carbocycles. The number of aryl methyl sites for hydroxylation is 1. The molecule has 2 nitrogen and oxygen atoms in total. The van der Waals surface area contributed by atoms with Crippen molar-refractivity contribution < 1.29 is 13.9 Å². The fourth-order valence-electron chi connectivity index (χ4n) is 3.13. The Morgan fingerprint density at radius 3 is 2.19 bits per heavy atom. The molecule has 31 heavy (non-hydrogen) atoms. The van der Waals surface area contributed by atoms with Crippen molar-refractivity contribution in [3.8, 4) is 5.75 Å². The van der Waals surface area contributed by atoms with E-state index >= 15 is 0 Å². The van der Waals surface area contributed by atoms with E-state index in [0.29, 0.717) is 12.2 Å². The normalized spacial score (nSPS) is 10.9. The van der Waals surface area contributed by atoms with Crippen molar-refractivity contribution in [2.75, 3.05) is 6.61 Å². The number of halogens is 1. The summed E-state index contributed by atoms with van der Waals surface area (Å²) in [7, 11) is 0. The zero-order valence-corrected chi connectivity index (χ0v) is 17.8. The summed E-state index contributed by atoms with van der Waals surface area (Å²) in [5, 5.41) is 0. The van der Waals surface area contributed by atoms with Gasteiger partial charge in [-0.2, -0.15) is 0 Å². The number of ether oxygens (including phenoxy) is 1. The van der Waals surface area contributed by atoms with E-state index in [9.17, 15) is 9.18 Å². The highest BCUT2D eigenvalue weighted by molar-refractivity contribution is 6.06. The van der Waals surface area contributed by atoms with Gasteiger partial charge in [0.25, 0.3) is 0 Å². The third-order valence-electron chi connectivity index (χ3n) is 5.01. The van der Waals surface area contributed by atoms with Crippen LogP contribution in [0, 0.1) is 5.82 Å². The van der Waals surface area contributed by atoms with E-state index in [4.69, 9.17) is 4.74 Å². The van der Waals surface area contributed by atoms with Gasteiger partial charge in [-0.1, -0.05) is 54.6 Å². The largest absolute Gasteiger partial charge is 0.494 e. The molecule has 0 spiro atoms. The van der Waals surface area contributed by atoms with E-state index in [1.165, 1.54) is 35.9 Å². The quantitative estimate of drug-likeness (QED) is 0.200.